The second-order valence-electron chi connectivity index (χ2n) is 6.38. The Balaban J connectivity index is 1.75. The van der Waals surface area contributed by atoms with Crippen molar-refractivity contribution in [1.29, 1.82) is 0 Å². The number of carbonyl (C=O) groups is 3. The summed E-state index contributed by atoms with van der Waals surface area (Å²) in [5.74, 6) is -1.48. The van der Waals surface area contributed by atoms with Crippen molar-refractivity contribution >= 4 is 17.9 Å². The van der Waals surface area contributed by atoms with Crippen molar-refractivity contribution in [2.75, 3.05) is 53.0 Å². The van der Waals surface area contributed by atoms with Gasteiger partial charge in [-0.25, -0.2) is 14.0 Å². The maximum atomic E-state index is 13.4. The highest BCUT2D eigenvalue weighted by Crippen LogP contribution is 2.17. The zero-order chi connectivity index (χ0) is 19.4. The minimum Gasteiger partial charge on any atom is -0.467 e. The standard InChI is InChI=1S/C18H22FN3O5/c1-26-17(24)15-12-21(16(23)13-3-2-4-14(19)11-13)5-6-22(15)18(25)20-7-9-27-10-8-20/h2-4,11,15H,5-10,12H2,1H3. The van der Waals surface area contributed by atoms with Crippen LogP contribution in [0.4, 0.5) is 9.18 Å². The second kappa shape index (κ2) is 8.34. The number of rotatable bonds is 2. The van der Waals surface area contributed by atoms with Gasteiger partial charge in [0.25, 0.3) is 5.91 Å². The summed E-state index contributed by atoms with van der Waals surface area (Å²) < 4.78 is 23.5. The molecule has 27 heavy (non-hydrogen) atoms. The quantitative estimate of drug-likeness (QED) is 0.703. The van der Waals surface area contributed by atoms with E-state index in [1.807, 2.05) is 0 Å². The largest absolute Gasteiger partial charge is 0.467 e. The number of piperazine rings is 1. The van der Waals surface area contributed by atoms with Crippen LogP contribution >= 0.6 is 0 Å². The number of urea groups is 1. The Bertz CT molecular complexity index is 723. The second-order valence-corrected chi connectivity index (χ2v) is 6.38. The highest BCUT2D eigenvalue weighted by Gasteiger charge is 2.39. The summed E-state index contributed by atoms with van der Waals surface area (Å²) in [7, 11) is 1.24. The lowest BCUT2D eigenvalue weighted by Gasteiger charge is -2.42. The third-order valence-corrected chi connectivity index (χ3v) is 4.74. The van der Waals surface area contributed by atoms with Crippen LogP contribution in [0.15, 0.2) is 24.3 Å². The maximum absolute atomic E-state index is 13.4. The van der Waals surface area contributed by atoms with Crippen molar-refractivity contribution in [1.82, 2.24) is 14.7 Å². The van der Waals surface area contributed by atoms with Crippen LogP contribution in [0.5, 0.6) is 0 Å². The number of benzene rings is 1. The molecule has 0 radical (unpaired) electrons. The average molecular weight is 379 g/mol. The lowest BCUT2D eigenvalue weighted by atomic mass is 10.1. The summed E-state index contributed by atoms with van der Waals surface area (Å²) in [6, 6.07) is 4.21. The topological polar surface area (TPSA) is 79.4 Å². The number of amides is 3. The molecule has 2 aliphatic heterocycles. The van der Waals surface area contributed by atoms with Crippen LogP contribution in [-0.2, 0) is 14.3 Å². The number of hydrogen-bond donors (Lipinski definition) is 0. The molecule has 1 atom stereocenters. The number of nitrogens with zero attached hydrogens (tertiary/aromatic N) is 3. The van der Waals surface area contributed by atoms with Gasteiger partial charge in [0.2, 0.25) is 0 Å². The monoisotopic (exact) mass is 379 g/mol. The van der Waals surface area contributed by atoms with Gasteiger partial charge in [0.1, 0.15) is 11.9 Å². The normalized spacial score (nSPS) is 20.4. The van der Waals surface area contributed by atoms with Gasteiger partial charge < -0.3 is 24.2 Å². The fourth-order valence-corrected chi connectivity index (χ4v) is 3.27. The summed E-state index contributed by atoms with van der Waals surface area (Å²) >= 11 is 0. The fraction of sp³-hybridized carbons (Fsp3) is 0.500. The van der Waals surface area contributed by atoms with Crippen molar-refractivity contribution < 1.29 is 28.2 Å². The zero-order valence-corrected chi connectivity index (χ0v) is 15.1. The molecule has 9 heteroatoms. The summed E-state index contributed by atoms with van der Waals surface area (Å²) in [6.07, 6.45) is 0. The van der Waals surface area contributed by atoms with Gasteiger partial charge in [-0.05, 0) is 18.2 Å². The van der Waals surface area contributed by atoms with Crippen molar-refractivity contribution in [2.45, 2.75) is 6.04 Å². The first-order chi connectivity index (χ1) is 13.0. The molecule has 2 aliphatic rings. The van der Waals surface area contributed by atoms with E-state index in [1.165, 1.54) is 35.1 Å². The molecule has 2 saturated heterocycles. The highest BCUT2D eigenvalue weighted by atomic mass is 19.1. The molecule has 1 aromatic rings. The number of esters is 1. The molecule has 0 bridgehead atoms. The highest BCUT2D eigenvalue weighted by molar-refractivity contribution is 5.95. The molecule has 0 N–H and O–H groups in total. The number of carbonyl (C=O) groups excluding carboxylic acids is 3. The molecule has 0 aliphatic carbocycles. The van der Waals surface area contributed by atoms with Crippen LogP contribution in [0, 0.1) is 5.82 Å². The molecule has 1 aromatic carbocycles. The molecule has 8 nitrogen and oxygen atoms in total. The molecule has 146 valence electrons. The minimum absolute atomic E-state index is 0.00188. The first kappa shape index (κ1) is 19.1. The Labute approximate surface area is 156 Å². The maximum Gasteiger partial charge on any atom is 0.330 e. The van der Waals surface area contributed by atoms with Gasteiger partial charge in [-0.3, -0.25) is 4.79 Å². The van der Waals surface area contributed by atoms with E-state index in [-0.39, 0.29) is 37.1 Å². The average Bonchev–Trinajstić information content (AvgIpc) is 2.72. The Hall–Kier alpha value is -2.68. The fourth-order valence-electron chi connectivity index (χ4n) is 3.27. The summed E-state index contributed by atoms with van der Waals surface area (Å²) in [6.45, 7) is 2.25. The molecule has 2 heterocycles. The molecule has 0 spiro atoms. The summed E-state index contributed by atoms with van der Waals surface area (Å²) in [4.78, 5) is 42.2. The van der Waals surface area contributed by atoms with Gasteiger partial charge in [0.05, 0.1) is 26.9 Å². The predicted octanol–water partition coefficient (Wildman–Crippen LogP) is 0.577. The van der Waals surface area contributed by atoms with Gasteiger partial charge in [-0.2, -0.15) is 0 Å². The van der Waals surface area contributed by atoms with E-state index in [0.29, 0.717) is 26.3 Å². The van der Waals surface area contributed by atoms with Crippen LogP contribution in [0.25, 0.3) is 0 Å². The van der Waals surface area contributed by atoms with Crippen LogP contribution in [0.2, 0.25) is 0 Å². The van der Waals surface area contributed by atoms with Crippen molar-refractivity contribution in [3.63, 3.8) is 0 Å². The number of morpholine rings is 1. The van der Waals surface area contributed by atoms with Gasteiger partial charge >= 0.3 is 12.0 Å². The number of hydrogen-bond acceptors (Lipinski definition) is 5. The third kappa shape index (κ3) is 4.19. The van der Waals surface area contributed by atoms with Crippen LogP contribution in [0.3, 0.4) is 0 Å². The molecule has 0 aromatic heterocycles. The van der Waals surface area contributed by atoms with Gasteiger partial charge in [-0.1, -0.05) is 6.07 Å². The van der Waals surface area contributed by atoms with E-state index >= 15 is 0 Å². The Morgan fingerprint density at radius 3 is 2.52 bits per heavy atom. The lowest BCUT2D eigenvalue weighted by molar-refractivity contribution is -0.147. The SMILES string of the molecule is COC(=O)C1CN(C(=O)c2cccc(F)c2)CCN1C(=O)N1CCOCC1. The first-order valence-corrected chi connectivity index (χ1v) is 8.77. The third-order valence-electron chi connectivity index (χ3n) is 4.74. The number of ether oxygens (including phenoxy) is 2. The van der Waals surface area contributed by atoms with E-state index in [4.69, 9.17) is 9.47 Å². The number of halogens is 1. The van der Waals surface area contributed by atoms with Crippen LogP contribution in [0.1, 0.15) is 10.4 Å². The lowest BCUT2D eigenvalue weighted by Crippen LogP contribution is -2.62. The zero-order valence-electron chi connectivity index (χ0n) is 15.1. The predicted molar refractivity (Wildman–Crippen MR) is 92.6 cm³/mol. The van der Waals surface area contributed by atoms with E-state index in [2.05, 4.69) is 0 Å². The Kier molecular flexibility index (Phi) is 5.90. The molecular weight excluding hydrogens is 357 g/mol. The molecule has 0 saturated carbocycles. The summed E-state index contributed by atoms with van der Waals surface area (Å²) in [5, 5.41) is 0. The van der Waals surface area contributed by atoms with Crippen molar-refractivity contribution in [2.24, 2.45) is 0 Å². The van der Waals surface area contributed by atoms with Gasteiger partial charge in [0.15, 0.2) is 0 Å². The molecule has 2 fully saturated rings. The Morgan fingerprint density at radius 1 is 1.11 bits per heavy atom. The van der Waals surface area contributed by atoms with Crippen LogP contribution < -0.4 is 0 Å². The minimum atomic E-state index is -0.906. The molecule has 3 rings (SSSR count). The van der Waals surface area contributed by atoms with E-state index in [9.17, 15) is 18.8 Å². The van der Waals surface area contributed by atoms with E-state index in [0.717, 1.165) is 6.07 Å². The van der Waals surface area contributed by atoms with E-state index < -0.39 is 17.8 Å². The van der Waals surface area contributed by atoms with E-state index in [1.54, 1.807) is 4.90 Å². The van der Waals surface area contributed by atoms with Crippen molar-refractivity contribution in [3.05, 3.63) is 35.6 Å². The molecule has 3 amide bonds. The van der Waals surface area contributed by atoms with Gasteiger partial charge in [-0.15, -0.1) is 0 Å². The smallest absolute Gasteiger partial charge is 0.330 e. The molecule has 1 unspecified atom stereocenters. The van der Waals surface area contributed by atoms with Crippen LogP contribution in [-0.4, -0.2) is 91.7 Å². The van der Waals surface area contributed by atoms with Crippen molar-refractivity contribution in [3.8, 4) is 0 Å². The Morgan fingerprint density at radius 2 is 1.85 bits per heavy atom. The number of methoxy groups -OCH3 is 1. The first-order valence-electron chi connectivity index (χ1n) is 8.77. The summed E-state index contributed by atoms with van der Waals surface area (Å²) in [5.41, 5.74) is 0.201. The molecular formula is C18H22FN3O5. The van der Waals surface area contributed by atoms with Gasteiger partial charge in [0, 0.05) is 31.7 Å².